The highest BCUT2D eigenvalue weighted by molar-refractivity contribution is 6.30. The molecule has 3 rings (SSSR count). The van der Waals surface area contributed by atoms with Crippen LogP contribution in [0.4, 0.5) is 0 Å². The predicted octanol–water partition coefficient (Wildman–Crippen LogP) is 2.96. The Morgan fingerprint density at radius 3 is 2.52 bits per heavy atom. The number of benzene rings is 2. The van der Waals surface area contributed by atoms with Gasteiger partial charge in [-0.2, -0.15) is 5.10 Å². The molecule has 0 saturated heterocycles. The number of carbonyl (C=O) groups is 2. The molecule has 1 heterocycles. The number of para-hydroxylation sites is 1. The van der Waals surface area contributed by atoms with Gasteiger partial charge in [-0.1, -0.05) is 29.8 Å². The maximum atomic E-state index is 12.2. The van der Waals surface area contributed by atoms with Crippen LogP contribution in [0.15, 0.2) is 67.0 Å². The van der Waals surface area contributed by atoms with Crippen molar-refractivity contribution in [3.8, 4) is 5.69 Å². The molecular formula is C20H19ClN4O2. The summed E-state index contributed by atoms with van der Waals surface area (Å²) in [6.07, 6.45) is 3.55. The lowest BCUT2D eigenvalue weighted by molar-refractivity contribution is -0.122. The van der Waals surface area contributed by atoms with Gasteiger partial charge in [-0.15, -0.1) is 0 Å². The topological polar surface area (TPSA) is 76.0 Å². The molecule has 2 aromatic carbocycles. The largest absolute Gasteiger partial charge is 0.350 e. The molecule has 0 radical (unpaired) electrons. The van der Waals surface area contributed by atoms with Crippen molar-refractivity contribution < 1.29 is 9.59 Å². The molecular weight excluding hydrogens is 364 g/mol. The predicted molar refractivity (Wildman–Crippen MR) is 104 cm³/mol. The first kappa shape index (κ1) is 18.7. The maximum Gasteiger partial charge on any atom is 0.251 e. The van der Waals surface area contributed by atoms with Crippen LogP contribution in [0, 0.1) is 0 Å². The number of aromatic nitrogens is 2. The first-order valence-corrected chi connectivity index (χ1v) is 8.84. The van der Waals surface area contributed by atoms with Crippen LogP contribution in [0.2, 0.25) is 5.02 Å². The van der Waals surface area contributed by atoms with E-state index in [1.807, 2.05) is 36.5 Å². The van der Waals surface area contributed by atoms with Gasteiger partial charge in [0.25, 0.3) is 5.91 Å². The smallest absolute Gasteiger partial charge is 0.251 e. The molecule has 0 fully saturated rings. The van der Waals surface area contributed by atoms with E-state index in [2.05, 4.69) is 15.7 Å². The zero-order valence-electron chi connectivity index (χ0n) is 14.7. The van der Waals surface area contributed by atoms with E-state index in [1.54, 1.807) is 42.1 Å². The zero-order chi connectivity index (χ0) is 19.2. The highest BCUT2D eigenvalue weighted by Crippen LogP contribution is 2.10. The highest BCUT2D eigenvalue weighted by Gasteiger charge is 2.16. The fraction of sp³-hybridized carbons (Fsp3) is 0.150. The molecule has 0 aliphatic rings. The molecule has 0 saturated carbocycles. The van der Waals surface area contributed by atoms with Gasteiger partial charge in [0.05, 0.1) is 11.9 Å². The van der Waals surface area contributed by atoms with Gasteiger partial charge in [-0.05, 0) is 43.3 Å². The molecule has 6 nitrogen and oxygen atoms in total. The van der Waals surface area contributed by atoms with Crippen molar-refractivity contribution in [3.05, 3.63) is 83.1 Å². The SMILES string of the molecule is C[C@@H](NC(=O)c1ccc(Cl)cc1)C(=O)NCc1cnn(-c2ccccc2)c1. The maximum absolute atomic E-state index is 12.2. The van der Waals surface area contributed by atoms with Gasteiger partial charge in [0.2, 0.25) is 5.91 Å². The molecule has 1 atom stereocenters. The Labute approximate surface area is 162 Å². The number of nitrogens with one attached hydrogen (secondary N) is 2. The van der Waals surface area contributed by atoms with E-state index < -0.39 is 6.04 Å². The number of carbonyl (C=O) groups excluding carboxylic acids is 2. The van der Waals surface area contributed by atoms with Gasteiger partial charge in [0.15, 0.2) is 0 Å². The van der Waals surface area contributed by atoms with Crippen LogP contribution in [0.25, 0.3) is 5.69 Å². The van der Waals surface area contributed by atoms with Gasteiger partial charge in [0.1, 0.15) is 6.04 Å². The Bertz CT molecular complexity index is 923. The Morgan fingerprint density at radius 1 is 1.11 bits per heavy atom. The molecule has 0 aliphatic carbocycles. The van der Waals surface area contributed by atoms with Crippen LogP contribution >= 0.6 is 11.6 Å². The van der Waals surface area contributed by atoms with E-state index in [-0.39, 0.29) is 11.8 Å². The Morgan fingerprint density at radius 2 is 1.81 bits per heavy atom. The molecule has 0 bridgehead atoms. The van der Waals surface area contributed by atoms with Crippen LogP contribution in [0.1, 0.15) is 22.8 Å². The minimum Gasteiger partial charge on any atom is -0.350 e. The summed E-state index contributed by atoms with van der Waals surface area (Å²) in [5.74, 6) is -0.601. The number of hydrogen-bond acceptors (Lipinski definition) is 3. The lowest BCUT2D eigenvalue weighted by Gasteiger charge is -2.14. The minimum absolute atomic E-state index is 0.273. The van der Waals surface area contributed by atoms with Crippen molar-refractivity contribution >= 4 is 23.4 Å². The van der Waals surface area contributed by atoms with Crippen LogP contribution in [-0.4, -0.2) is 27.6 Å². The third kappa shape index (κ3) is 4.95. The first-order chi connectivity index (χ1) is 13.0. The van der Waals surface area contributed by atoms with E-state index in [4.69, 9.17) is 11.6 Å². The number of nitrogens with zero attached hydrogens (tertiary/aromatic N) is 2. The Hall–Kier alpha value is -3.12. The number of rotatable bonds is 6. The van der Waals surface area contributed by atoms with Gasteiger partial charge >= 0.3 is 0 Å². The molecule has 2 amide bonds. The molecule has 138 valence electrons. The monoisotopic (exact) mass is 382 g/mol. The van der Waals surface area contributed by atoms with Gasteiger partial charge in [-0.3, -0.25) is 9.59 Å². The van der Waals surface area contributed by atoms with Gasteiger partial charge in [-0.25, -0.2) is 4.68 Å². The normalized spacial score (nSPS) is 11.6. The van der Waals surface area contributed by atoms with Crippen LogP contribution in [0.3, 0.4) is 0 Å². The second-order valence-electron chi connectivity index (χ2n) is 6.05. The van der Waals surface area contributed by atoms with Gasteiger partial charge in [0, 0.05) is 28.9 Å². The standard InChI is InChI=1S/C20H19ClN4O2/c1-14(24-20(27)16-7-9-17(21)10-8-16)19(26)22-11-15-12-23-25(13-15)18-5-3-2-4-6-18/h2-10,12-14H,11H2,1H3,(H,22,26)(H,24,27)/t14-/m1/s1. The third-order valence-corrected chi connectivity index (χ3v) is 4.22. The van der Waals surface area contributed by atoms with Crippen molar-refractivity contribution in [2.24, 2.45) is 0 Å². The number of amides is 2. The second kappa shape index (κ2) is 8.51. The van der Waals surface area contributed by atoms with Crippen LogP contribution < -0.4 is 10.6 Å². The third-order valence-electron chi connectivity index (χ3n) is 3.97. The summed E-state index contributed by atoms with van der Waals surface area (Å²) in [5.41, 5.74) is 2.25. The fourth-order valence-corrected chi connectivity index (χ4v) is 2.59. The summed E-state index contributed by atoms with van der Waals surface area (Å²) in [5, 5.41) is 10.3. The van der Waals surface area contributed by atoms with E-state index in [0.717, 1.165) is 11.3 Å². The molecule has 2 N–H and O–H groups in total. The van der Waals surface area contributed by atoms with Crippen LogP contribution in [0.5, 0.6) is 0 Å². The van der Waals surface area contributed by atoms with E-state index in [1.165, 1.54) is 0 Å². The molecule has 27 heavy (non-hydrogen) atoms. The second-order valence-corrected chi connectivity index (χ2v) is 6.48. The molecule has 7 heteroatoms. The summed E-state index contributed by atoms with van der Waals surface area (Å²) in [6.45, 7) is 1.96. The fourth-order valence-electron chi connectivity index (χ4n) is 2.46. The molecule has 1 aromatic heterocycles. The first-order valence-electron chi connectivity index (χ1n) is 8.46. The summed E-state index contributed by atoms with van der Waals surface area (Å²) in [7, 11) is 0. The number of halogens is 1. The van der Waals surface area contributed by atoms with Crippen molar-refractivity contribution in [3.63, 3.8) is 0 Å². The lowest BCUT2D eigenvalue weighted by Crippen LogP contribution is -2.44. The minimum atomic E-state index is -0.669. The average molecular weight is 383 g/mol. The summed E-state index contributed by atoms with van der Waals surface area (Å²) >= 11 is 5.81. The van der Waals surface area contributed by atoms with Crippen molar-refractivity contribution in [2.75, 3.05) is 0 Å². The summed E-state index contributed by atoms with van der Waals surface area (Å²) in [6, 6.07) is 15.5. The van der Waals surface area contributed by atoms with Crippen LogP contribution in [-0.2, 0) is 11.3 Å². The zero-order valence-corrected chi connectivity index (χ0v) is 15.5. The van der Waals surface area contributed by atoms with Crippen molar-refractivity contribution in [2.45, 2.75) is 19.5 Å². The molecule has 0 spiro atoms. The van der Waals surface area contributed by atoms with Gasteiger partial charge < -0.3 is 10.6 Å². The van der Waals surface area contributed by atoms with Crippen molar-refractivity contribution in [1.82, 2.24) is 20.4 Å². The van der Waals surface area contributed by atoms with E-state index >= 15 is 0 Å². The quantitative estimate of drug-likeness (QED) is 0.688. The molecule has 0 unspecified atom stereocenters. The average Bonchev–Trinajstić information content (AvgIpc) is 3.16. The highest BCUT2D eigenvalue weighted by atomic mass is 35.5. The Kier molecular flexibility index (Phi) is 5.88. The molecule has 3 aromatic rings. The lowest BCUT2D eigenvalue weighted by atomic mass is 10.2. The summed E-state index contributed by atoms with van der Waals surface area (Å²) in [4.78, 5) is 24.4. The van der Waals surface area contributed by atoms with E-state index in [9.17, 15) is 9.59 Å². The number of hydrogen-bond donors (Lipinski definition) is 2. The van der Waals surface area contributed by atoms with E-state index in [0.29, 0.717) is 17.1 Å². The molecule has 0 aliphatic heterocycles. The summed E-state index contributed by atoms with van der Waals surface area (Å²) < 4.78 is 1.74. The Balaban J connectivity index is 1.52. The van der Waals surface area contributed by atoms with Crippen molar-refractivity contribution in [1.29, 1.82) is 0 Å².